The third-order valence-corrected chi connectivity index (χ3v) is 6.18. The maximum atomic E-state index is 12.1. The molecule has 1 aliphatic carbocycles. The number of esters is 1. The number of anilines is 1. The maximum absolute atomic E-state index is 12.1. The molecule has 0 bridgehead atoms. The second-order valence-corrected chi connectivity index (χ2v) is 7.69. The molecule has 2 heterocycles. The molecule has 0 radical (unpaired) electrons. The van der Waals surface area contributed by atoms with Crippen molar-refractivity contribution in [3.05, 3.63) is 29.3 Å². The predicted octanol–water partition coefficient (Wildman–Crippen LogP) is 4.71. The van der Waals surface area contributed by atoms with Crippen LogP contribution in [0.1, 0.15) is 73.9 Å². The van der Waals surface area contributed by atoms with Gasteiger partial charge in [0.2, 0.25) is 0 Å². The van der Waals surface area contributed by atoms with Crippen LogP contribution in [0.4, 0.5) is 5.69 Å². The van der Waals surface area contributed by atoms with Crippen molar-refractivity contribution in [1.82, 2.24) is 0 Å². The van der Waals surface area contributed by atoms with Crippen LogP contribution >= 0.6 is 0 Å². The van der Waals surface area contributed by atoms with Crippen LogP contribution in [0.3, 0.4) is 0 Å². The number of nitrogens with one attached hydrogen (secondary N) is 1. The Bertz CT molecular complexity index is 624. The Labute approximate surface area is 150 Å². The summed E-state index contributed by atoms with van der Waals surface area (Å²) >= 11 is 0. The summed E-state index contributed by atoms with van der Waals surface area (Å²) in [6, 6.07) is 6.39. The number of fused-ring (bicyclic) bond motifs is 3. The van der Waals surface area contributed by atoms with E-state index in [1.807, 2.05) is 19.1 Å². The highest BCUT2D eigenvalue weighted by Gasteiger charge is 2.42. The molecule has 0 amide bonds. The minimum atomic E-state index is -0.243. The van der Waals surface area contributed by atoms with Gasteiger partial charge in [-0.25, -0.2) is 4.79 Å². The van der Waals surface area contributed by atoms with E-state index in [0.717, 1.165) is 24.6 Å². The lowest BCUT2D eigenvalue weighted by Crippen LogP contribution is -2.46. The summed E-state index contributed by atoms with van der Waals surface area (Å²) in [4.78, 5) is 12.1. The van der Waals surface area contributed by atoms with E-state index in [9.17, 15) is 4.79 Å². The Hall–Kier alpha value is -1.55. The molecule has 1 saturated heterocycles. The van der Waals surface area contributed by atoms with Crippen molar-refractivity contribution in [3.8, 4) is 0 Å². The summed E-state index contributed by atoms with van der Waals surface area (Å²) < 4.78 is 11.4. The van der Waals surface area contributed by atoms with Gasteiger partial charge in [0.15, 0.2) is 0 Å². The monoisotopic (exact) mass is 343 g/mol. The van der Waals surface area contributed by atoms with Gasteiger partial charge in [-0.2, -0.15) is 0 Å². The number of hydrogen-bond acceptors (Lipinski definition) is 4. The molecule has 3 atom stereocenters. The first-order valence-electron chi connectivity index (χ1n) is 9.97. The molecule has 1 saturated carbocycles. The first-order valence-corrected chi connectivity index (χ1v) is 9.97. The zero-order valence-electron chi connectivity index (χ0n) is 15.1. The SMILES string of the molecule is CCOC(=O)c1ccc2c(c1)N[C@H](C1CCCCC1)[C@@H]1CCCO[C@H]21. The summed E-state index contributed by atoms with van der Waals surface area (Å²) in [7, 11) is 0. The van der Waals surface area contributed by atoms with Crippen molar-refractivity contribution < 1.29 is 14.3 Å². The van der Waals surface area contributed by atoms with Crippen LogP contribution < -0.4 is 5.32 Å². The van der Waals surface area contributed by atoms with E-state index in [-0.39, 0.29) is 12.1 Å². The Balaban J connectivity index is 1.65. The minimum absolute atomic E-state index is 0.174. The zero-order valence-corrected chi connectivity index (χ0v) is 15.1. The van der Waals surface area contributed by atoms with Crippen molar-refractivity contribution in [1.29, 1.82) is 0 Å². The Kier molecular flexibility index (Phi) is 4.98. The molecule has 4 nitrogen and oxygen atoms in total. The molecule has 1 aromatic carbocycles. The smallest absolute Gasteiger partial charge is 0.338 e. The van der Waals surface area contributed by atoms with E-state index < -0.39 is 0 Å². The van der Waals surface area contributed by atoms with Crippen molar-refractivity contribution >= 4 is 11.7 Å². The van der Waals surface area contributed by atoms with E-state index >= 15 is 0 Å². The van der Waals surface area contributed by atoms with Crippen molar-refractivity contribution in [3.63, 3.8) is 0 Å². The number of benzene rings is 1. The number of ether oxygens (including phenoxy) is 2. The fraction of sp³-hybridized carbons (Fsp3) is 0.667. The highest BCUT2D eigenvalue weighted by atomic mass is 16.5. The highest BCUT2D eigenvalue weighted by Crippen LogP contribution is 2.47. The Morgan fingerprint density at radius 3 is 2.84 bits per heavy atom. The Morgan fingerprint density at radius 2 is 2.04 bits per heavy atom. The topological polar surface area (TPSA) is 47.6 Å². The van der Waals surface area contributed by atoms with E-state index in [2.05, 4.69) is 11.4 Å². The molecule has 2 aliphatic heterocycles. The third-order valence-electron chi connectivity index (χ3n) is 6.18. The second-order valence-electron chi connectivity index (χ2n) is 7.69. The van der Waals surface area contributed by atoms with Gasteiger partial charge in [-0.05, 0) is 50.7 Å². The fourth-order valence-corrected chi connectivity index (χ4v) is 5.01. The van der Waals surface area contributed by atoms with Crippen molar-refractivity contribution in [2.45, 2.75) is 64.0 Å². The fourth-order valence-electron chi connectivity index (χ4n) is 5.01. The van der Waals surface area contributed by atoms with Gasteiger partial charge in [0.25, 0.3) is 0 Å². The van der Waals surface area contributed by atoms with Crippen LogP contribution in [0.25, 0.3) is 0 Å². The van der Waals surface area contributed by atoms with Gasteiger partial charge in [-0.1, -0.05) is 25.3 Å². The van der Waals surface area contributed by atoms with Gasteiger partial charge in [0.05, 0.1) is 18.3 Å². The maximum Gasteiger partial charge on any atom is 0.338 e. The van der Waals surface area contributed by atoms with Crippen LogP contribution in [-0.4, -0.2) is 25.2 Å². The lowest BCUT2D eigenvalue weighted by molar-refractivity contribution is -0.0458. The van der Waals surface area contributed by atoms with Crippen molar-refractivity contribution in [2.24, 2.45) is 11.8 Å². The third kappa shape index (κ3) is 3.29. The normalized spacial score (nSPS) is 29.2. The number of rotatable bonds is 3. The summed E-state index contributed by atoms with van der Waals surface area (Å²) in [6.07, 6.45) is 9.25. The van der Waals surface area contributed by atoms with Crippen LogP contribution in [0.2, 0.25) is 0 Å². The quantitative estimate of drug-likeness (QED) is 0.808. The second kappa shape index (κ2) is 7.36. The summed E-state index contributed by atoms with van der Waals surface area (Å²) in [5.41, 5.74) is 2.92. The van der Waals surface area contributed by atoms with Gasteiger partial charge in [-0.3, -0.25) is 0 Å². The van der Waals surface area contributed by atoms with E-state index in [1.54, 1.807) is 0 Å². The van der Waals surface area contributed by atoms with E-state index in [4.69, 9.17) is 9.47 Å². The summed E-state index contributed by atoms with van der Waals surface area (Å²) in [5.74, 6) is 1.04. The van der Waals surface area contributed by atoms with Crippen LogP contribution in [0.5, 0.6) is 0 Å². The Morgan fingerprint density at radius 1 is 1.20 bits per heavy atom. The van der Waals surface area contributed by atoms with Gasteiger partial charge >= 0.3 is 5.97 Å². The average Bonchev–Trinajstić information content (AvgIpc) is 2.68. The number of hydrogen-bond donors (Lipinski definition) is 1. The van der Waals surface area contributed by atoms with Gasteiger partial charge in [0.1, 0.15) is 0 Å². The standard InChI is InChI=1S/C21H29NO3/c1-2-24-21(23)15-10-11-16-18(13-15)22-19(14-7-4-3-5-8-14)17-9-6-12-25-20(16)17/h10-11,13-14,17,19-20,22H,2-9,12H2,1H3/t17-,19+,20+/m0/s1. The molecule has 0 spiro atoms. The zero-order chi connectivity index (χ0) is 17.2. The van der Waals surface area contributed by atoms with Crippen LogP contribution in [0, 0.1) is 11.8 Å². The molecular weight excluding hydrogens is 314 g/mol. The van der Waals surface area contributed by atoms with Gasteiger partial charge in [-0.15, -0.1) is 0 Å². The molecule has 136 valence electrons. The van der Waals surface area contributed by atoms with Crippen LogP contribution in [-0.2, 0) is 9.47 Å². The molecule has 0 aromatic heterocycles. The molecular formula is C21H29NO3. The van der Waals surface area contributed by atoms with Crippen LogP contribution in [0.15, 0.2) is 18.2 Å². The lowest BCUT2D eigenvalue weighted by Gasteiger charge is -2.47. The molecule has 4 rings (SSSR count). The molecule has 3 aliphatic rings. The number of carbonyl (C=O) groups is 1. The largest absolute Gasteiger partial charge is 0.462 e. The van der Waals surface area contributed by atoms with Crippen molar-refractivity contribution in [2.75, 3.05) is 18.5 Å². The van der Waals surface area contributed by atoms with Gasteiger partial charge < -0.3 is 14.8 Å². The first-order chi connectivity index (χ1) is 12.3. The summed E-state index contributed by atoms with van der Waals surface area (Å²) in [6.45, 7) is 3.09. The average molecular weight is 343 g/mol. The molecule has 1 N–H and O–H groups in total. The van der Waals surface area contributed by atoms with E-state index in [1.165, 1.54) is 44.1 Å². The lowest BCUT2D eigenvalue weighted by atomic mass is 9.71. The predicted molar refractivity (Wildman–Crippen MR) is 97.8 cm³/mol. The minimum Gasteiger partial charge on any atom is -0.462 e. The molecule has 4 heteroatoms. The molecule has 25 heavy (non-hydrogen) atoms. The molecule has 2 fully saturated rings. The number of carbonyl (C=O) groups excluding carboxylic acids is 1. The molecule has 1 aromatic rings. The first kappa shape index (κ1) is 16.9. The van der Waals surface area contributed by atoms with Gasteiger partial charge in [0, 0.05) is 29.8 Å². The summed E-state index contributed by atoms with van der Waals surface area (Å²) in [5, 5.41) is 3.82. The highest BCUT2D eigenvalue weighted by molar-refractivity contribution is 5.91. The molecule has 0 unspecified atom stereocenters. The van der Waals surface area contributed by atoms with E-state index in [0.29, 0.717) is 24.1 Å².